The Kier molecular flexibility index (Phi) is 6.83. The predicted molar refractivity (Wildman–Crippen MR) is 85.0 cm³/mol. The van der Waals surface area contributed by atoms with Crippen molar-refractivity contribution in [2.24, 2.45) is 0 Å². The Morgan fingerprint density at radius 1 is 0.905 bits per heavy atom. The van der Waals surface area contributed by atoms with Crippen molar-refractivity contribution in [1.82, 2.24) is 0 Å². The van der Waals surface area contributed by atoms with E-state index in [-0.39, 0.29) is 23.5 Å². The summed E-state index contributed by atoms with van der Waals surface area (Å²) in [4.78, 5) is 11.6. The first-order chi connectivity index (χ1) is 9.81. The van der Waals surface area contributed by atoms with Crippen molar-refractivity contribution in [2.45, 2.75) is 19.9 Å². The van der Waals surface area contributed by atoms with E-state index in [1.165, 1.54) is 22.7 Å². The summed E-state index contributed by atoms with van der Waals surface area (Å²) >= 11 is 5.91. The van der Waals surface area contributed by atoms with Crippen LogP contribution in [0, 0.1) is 0 Å². The Balaban J connectivity index is 0.00000161. The standard InChI is InChI=1S/C13H10O3S4.Zn/c14-13-19-11(17-7-9-3-1-5-15-9)12(20-13)18-8-10-4-2-6-16-10;/h1-6H,7-8H2;. The van der Waals surface area contributed by atoms with Crippen molar-refractivity contribution in [2.75, 3.05) is 0 Å². The molecule has 0 atom stereocenters. The van der Waals surface area contributed by atoms with E-state index in [9.17, 15) is 4.79 Å². The third kappa shape index (κ3) is 4.86. The zero-order chi connectivity index (χ0) is 13.8. The second-order valence-electron chi connectivity index (χ2n) is 3.77. The van der Waals surface area contributed by atoms with E-state index in [0.717, 1.165) is 31.4 Å². The van der Waals surface area contributed by atoms with E-state index >= 15 is 0 Å². The molecule has 0 saturated heterocycles. The van der Waals surface area contributed by atoms with Crippen LogP contribution in [0.3, 0.4) is 0 Å². The topological polar surface area (TPSA) is 43.4 Å². The number of hydrogen-bond donors (Lipinski definition) is 0. The molecule has 0 bridgehead atoms. The first-order valence-electron chi connectivity index (χ1n) is 5.75. The van der Waals surface area contributed by atoms with E-state index in [2.05, 4.69) is 0 Å². The summed E-state index contributed by atoms with van der Waals surface area (Å²) in [6, 6.07) is 7.63. The molecule has 0 aliphatic heterocycles. The van der Waals surface area contributed by atoms with Crippen LogP contribution < -0.4 is 4.06 Å². The summed E-state index contributed by atoms with van der Waals surface area (Å²) in [7, 11) is 0. The Hall–Kier alpha value is -0.267. The fourth-order valence-corrected chi connectivity index (χ4v) is 6.54. The molecule has 21 heavy (non-hydrogen) atoms. The average Bonchev–Trinajstić information content (AvgIpc) is 3.16. The fourth-order valence-electron chi connectivity index (χ4n) is 1.50. The molecule has 8 heteroatoms. The van der Waals surface area contributed by atoms with E-state index in [0.29, 0.717) is 0 Å². The predicted octanol–water partition coefficient (Wildman–Crippen LogP) is 4.94. The van der Waals surface area contributed by atoms with Gasteiger partial charge in [0.25, 0.3) is 4.06 Å². The van der Waals surface area contributed by atoms with E-state index in [4.69, 9.17) is 8.83 Å². The van der Waals surface area contributed by atoms with E-state index in [1.807, 2.05) is 24.3 Å². The molecule has 0 N–H and O–H groups in total. The molecular formula is C13H10O3S4Zn. The van der Waals surface area contributed by atoms with Gasteiger partial charge in [0, 0.05) is 19.5 Å². The zero-order valence-corrected chi connectivity index (χ0v) is 17.2. The third-order valence-corrected chi connectivity index (χ3v) is 7.50. The van der Waals surface area contributed by atoms with Gasteiger partial charge in [-0.3, -0.25) is 4.79 Å². The van der Waals surface area contributed by atoms with Gasteiger partial charge in [0.05, 0.1) is 32.5 Å². The number of furan rings is 2. The minimum atomic E-state index is 0. The first-order valence-corrected chi connectivity index (χ1v) is 9.36. The van der Waals surface area contributed by atoms with Crippen LogP contribution in [0.5, 0.6) is 0 Å². The molecule has 3 aromatic heterocycles. The summed E-state index contributed by atoms with van der Waals surface area (Å²) in [5.74, 6) is 3.33. The number of thioether (sulfide) groups is 2. The van der Waals surface area contributed by atoms with Gasteiger partial charge in [-0.15, -0.1) is 23.5 Å². The number of rotatable bonds is 6. The van der Waals surface area contributed by atoms with Crippen molar-refractivity contribution in [3.63, 3.8) is 0 Å². The largest absolute Gasteiger partial charge is 0.468 e. The quantitative estimate of drug-likeness (QED) is 0.428. The van der Waals surface area contributed by atoms with Crippen LogP contribution in [0.4, 0.5) is 0 Å². The summed E-state index contributed by atoms with van der Waals surface area (Å²) in [6.07, 6.45) is 3.33. The normalized spacial score (nSPS) is 10.5. The van der Waals surface area contributed by atoms with Gasteiger partial charge in [-0.05, 0) is 24.3 Å². The molecule has 0 amide bonds. The van der Waals surface area contributed by atoms with Gasteiger partial charge in [-0.2, -0.15) is 0 Å². The Morgan fingerprint density at radius 2 is 1.38 bits per heavy atom. The molecule has 3 heterocycles. The van der Waals surface area contributed by atoms with Gasteiger partial charge in [-0.25, -0.2) is 0 Å². The van der Waals surface area contributed by atoms with Crippen molar-refractivity contribution >= 4 is 46.2 Å². The Labute approximate surface area is 150 Å². The summed E-state index contributed by atoms with van der Waals surface area (Å²) < 4.78 is 12.9. The van der Waals surface area contributed by atoms with Crippen LogP contribution in [0.1, 0.15) is 11.5 Å². The molecule has 0 spiro atoms. The van der Waals surface area contributed by atoms with Crippen molar-refractivity contribution in [1.29, 1.82) is 0 Å². The zero-order valence-electron chi connectivity index (χ0n) is 10.9. The molecule has 3 aromatic rings. The van der Waals surface area contributed by atoms with Gasteiger partial charge in [-0.1, -0.05) is 22.7 Å². The molecule has 0 aromatic carbocycles. The molecule has 0 unspecified atom stereocenters. The molecule has 0 aliphatic carbocycles. The second kappa shape index (κ2) is 8.39. The minimum Gasteiger partial charge on any atom is -0.468 e. The maximum absolute atomic E-state index is 11.6. The summed E-state index contributed by atoms with van der Waals surface area (Å²) in [5.41, 5.74) is 0. The fraction of sp³-hybridized carbons (Fsp3) is 0.154. The first kappa shape index (κ1) is 17.1. The SMILES string of the molecule is O=c1sc(SCc2ccco2)c(SCc2ccco2)s1.[Zn]. The molecule has 106 valence electrons. The van der Waals surface area contributed by atoms with Crippen molar-refractivity contribution in [3.8, 4) is 0 Å². The molecule has 3 rings (SSSR count). The van der Waals surface area contributed by atoms with Crippen LogP contribution in [-0.4, -0.2) is 0 Å². The van der Waals surface area contributed by atoms with Crippen LogP contribution >= 0.6 is 46.2 Å². The minimum absolute atomic E-state index is 0. The molecule has 0 aliphatic rings. The molecule has 0 saturated carbocycles. The number of hydrogen-bond acceptors (Lipinski definition) is 7. The molecule has 3 nitrogen and oxygen atoms in total. The second-order valence-corrected chi connectivity index (χ2v) is 8.48. The summed E-state index contributed by atoms with van der Waals surface area (Å²) in [5, 5.41) is 0. The van der Waals surface area contributed by atoms with E-state index in [1.54, 1.807) is 36.1 Å². The van der Waals surface area contributed by atoms with Crippen LogP contribution in [0.2, 0.25) is 0 Å². The van der Waals surface area contributed by atoms with Gasteiger partial charge in [0.1, 0.15) is 11.5 Å². The van der Waals surface area contributed by atoms with Gasteiger partial charge < -0.3 is 8.83 Å². The van der Waals surface area contributed by atoms with Crippen molar-refractivity contribution in [3.05, 3.63) is 57.2 Å². The third-order valence-electron chi connectivity index (χ3n) is 2.37. The van der Waals surface area contributed by atoms with Crippen LogP contribution in [0.25, 0.3) is 0 Å². The summed E-state index contributed by atoms with van der Waals surface area (Å²) in [6.45, 7) is 0. The van der Waals surface area contributed by atoms with Gasteiger partial charge in [0.2, 0.25) is 0 Å². The van der Waals surface area contributed by atoms with Crippen LogP contribution in [0.15, 0.2) is 58.8 Å². The average molecular weight is 408 g/mol. The molecule has 0 fully saturated rings. The monoisotopic (exact) mass is 406 g/mol. The smallest absolute Gasteiger partial charge is 0.289 e. The van der Waals surface area contributed by atoms with Crippen LogP contribution in [-0.2, 0) is 31.0 Å². The van der Waals surface area contributed by atoms with Crippen molar-refractivity contribution < 1.29 is 28.3 Å². The van der Waals surface area contributed by atoms with Gasteiger partial charge in [0.15, 0.2) is 0 Å². The Bertz CT molecular complexity index is 641. The Morgan fingerprint density at radius 3 is 1.76 bits per heavy atom. The molecular weight excluding hydrogens is 398 g/mol. The molecule has 0 radical (unpaired) electrons. The van der Waals surface area contributed by atoms with Gasteiger partial charge >= 0.3 is 0 Å². The maximum atomic E-state index is 11.6. The maximum Gasteiger partial charge on any atom is 0.289 e. The van der Waals surface area contributed by atoms with E-state index < -0.39 is 0 Å².